The summed E-state index contributed by atoms with van der Waals surface area (Å²) in [4.78, 5) is 0. The molecule has 0 bridgehead atoms. The van der Waals surface area contributed by atoms with Gasteiger partial charge in [0, 0.05) is 0 Å². The monoisotopic (exact) mass is 182 g/mol. The number of aliphatic hydroxyl groups excluding tert-OH is 2. The molecule has 1 aromatic carbocycles. The fourth-order valence-electron chi connectivity index (χ4n) is 1.28. The zero-order valence-electron chi connectivity index (χ0n) is 7.78. The lowest BCUT2D eigenvalue weighted by atomic mass is 10.0. The Kier molecular flexibility index (Phi) is 2.90. The molecule has 0 saturated heterocycles. The van der Waals surface area contributed by atoms with Gasteiger partial charge in [0.05, 0.1) is 6.61 Å². The molecular weight excluding hydrogens is 168 g/mol. The maximum atomic E-state index is 9.39. The highest BCUT2D eigenvalue weighted by atomic mass is 16.3. The first kappa shape index (κ1) is 10.0. The van der Waals surface area contributed by atoms with E-state index in [0.29, 0.717) is 11.1 Å². The lowest BCUT2D eigenvalue weighted by Gasteiger charge is -2.12. The van der Waals surface area contributed by atoms with E-state index in [2.05, 4.69) is 0 Å². The van der Waals surface area contributed by atoms with Crippen molar-refractivity contribution in [1.29, 1.82) is 0 Å². The first-order chi connectivity index (χ1) is 6.06. The molecule has 1 unspecified atom stereocenters. The van der Waals surface area contributed by atoms with Crippen molar-refractivity contribution in [2.24, 2.45) is 0 Å². The van der Waals surface area contributed by atoms with E-state index in [1.807, 2.05) is 0 Å². The normalized spacial score (nSPS) is 12.9. The van der Waals surface area contributed by atoms with Crippen molar-refractivity contribution in [3.8, 4) is 5.75 Å². The Morgan fingerprint density at radius 1 is 1.23 bits per heavy atom. The number of phenolic OH excluding ortho intramolecular Hbond substituents is 1. The SMILES string of the molecule is Cc1cc(C(O)CO)c(C)cc1O. The van der Waals surface area contributed by atoms with Gasteiger partial charge in [-0.05, 0) is 42.7 Å². The topological polar surface area (TPSA) is 60.7 Å². The second kappa shape index (κ2) is 3.77. The van der Waals surface area contributed by atoms with E-state index in [9.17, 15) is 10.2 Å². The number of aryl methyl sites for hydroxylation is 2. The quantitative estimate of drug-likeness (QED) is 0.640. The van der Waals surface area contributed by atoms with E-state index in [0.717, 1.165) is 5.56 Å². The largest absolute Gasteiger partial charge is 0.508 e. The van der Waals surface area contributed by atoms with Gasteiger partial charge in [-0.25, -0.2) is 0 Å². The number of benzene rings is 1. The van der Waals surface area contributed by atoms with Gasteiger partial charge < -0.3 is 15.3 Å². The van der Waals surface area contributed by atoms with Crippen LogP contribution in [0.1, 0.15) is 22.8 Å². The summed E-state index contributed by atoms with van der Waals surface area (Å²) in [6, 6.07) is 3.27. The molecule has 3 N–H and O–H groups in total. The van der Waals surface area contributed by atoms with Crippen molar-refractivity contribution in [3.63, 3.8) is 0 Å². The van der Waals surface area contributed by atoms with Crippen LogP contribution in [0.15, 0.2) is 12.1 Å². The second-order valence-electron chi connectivity index (χ2n) is 3.19. The first-order valence-corrected chi connectivity index (χ1v) is 4.15. The van der Waals surface area contributed by atoms with Crippen molar-refractivity contribution in [2.45, 2.75) is 20.0 Å². The number of aromatic hydroxyl groups is 1. The number of hydrogen-bond donors (Lipinski definition) is 3. The molecule has 0 aliphatic heterocycles. The fourth-order valence-corrected chi connectivity index (χ4v) is 1.28. The van der Waals surface area contributed by atoms with Crippen LogP contribution < -0.4 is 0 Å². The van der Waals surface area contributed by atoms with Crippen LogP contribution in [0.5, 0.6) is 5.75 Å². The molecule has 0 fully saturated rings. The zero-order chi connectivity index (χ0) is 10.0. The van der Waals surface area contributed by atoms with E-state index in [4.69, 9.17) is 5.11 Å². The zero-order valence-corrected chi connectivity index (χ0v) is 7.78. The average molecular weight is 182 g/mol. The average Bonchev–Trinajstić information content (AvgIpc) is 2.10. The molecule has 13 heavy (non-hydrogen) atoms. The Labute approximate surface area is 77.3 Å². The summed E-state index contributed by atoms with van der Waals surface area (Å²) in [6.45, 7) is 3.24. The predicted octanol–water partition coefficient (Wildman–Crippen LogP) is 1.03. The van der Waals surface area contributed by atoms with Gasteiger partial charge >= 0.3 is 0 Å². The van der Waals surface area contributed by atoms with Crippen molar-refractivity contribution in [2.75, 3.05) is 6.61 Å². The molecule has 0 amide bonds. The Bertz CT molecular complexity index is 307. The van der Waals surface area contributed by atoms with Crippen LogP contribution in [0.2, 0.25) is 0 Å². The van der Waals surface area contributed by atoms with E-state index < -0.39 is 6.10 Å². The van der Waals surface area contributed by atoms with Gasteiger partial charge in [-0.15, -0.1) is 0 Å². The number of rotatable bonds is 2. The summed E-state index contributed by atoms with van der Waals surface area (Å²) in [5.74, 6) is 0.214. The highest BCUT2D eigenvalue weighted by molar-refractivity contribution is 5.41. The first-order valence-electron chi connectivity index (χ1n) is 4.15. The lowest BCUT2D eigenvalue weighted by Crippen LogP contribution is -2.04. The summed E-state index contributed by atoms with van der Waals surface area (Å²) in [6.07, 6.45) is -0.862. The van der Waals surface area contributed by atoms with Gasteiger partial charge in [0.25, 0.3) is 0 Å². The summed E-state index contributed by atoms with van der Waals surface area (Å²) in [7, 11) is 0. The molecule has 3 heteroatoms. The van der Waals surface area contributed by atoms with Crippen molar-refractivity contribution < 1.29 is 15.3 Å². The Balaban J connectivity index is 3.15. The van der Waals surface area contributed by atoms with Crippen molar-refractivity contribution in [1.82, 2.24) is 0 Å². The summed E-state index contributed by atoms with van der Waals surface area (Å²) in [5, 5.41) is 27.5. The molecule has 3 nitrogen and oxygen atoms in total. The minimum Gasteiger partial charge on any atom is -0.508 e. The third kappa shape index (κ3) is 1.99. The number of aliphatic hydroxyl groups is 2. The van der Waals surface area contributed by atoms with E-state index in [1.54, 1.807) is 26.0 Å². The van der Waals surface area contributed by atoms with E-state index in [1.165, 1.54) is 0 Å². The Morgan fingerprint density at radius 2 is 1.85 bits per heavy atom. The Morgan fingerprint density at radius 3 is 2.38 bits per heavy atom. The molecular formula is C10H14O3. The van der Waals surface area contributed by atoms with Gasteiger partial charge in [-0.3, -0.25) is 0 Å². The summed E-state index contributed by atoms with van der Waals surface area (Å²) < 4.78 is 0. The molecule has 1 rings (SSSR count). The molecule has 0 heterocycles. The minimum absolute atomic E-state index is 0.214. The Hall–Kier alpha value is -1.06. The van der Waals surface area contributed by atoms with Crippen molar-refractivity contribution in [3.05, 3.63) is 28.8 Å². The van der Waals surface area contributed by atoms with E-state index >= 15 is 0 Å². The van der Waals surface area contributed by atoms with Gasteiger partial charge in [0.15, 0.2) is 0 Å². The minimum atomic E-state index is -0.862. The molecule has 0 aromatic heterocycles. The predicted molar refractivity (Wildman–Crippen MR) is 49.6 cm³/mol. The smallest absolute Gasteiger partial charge is 0.118 e. The van der Waals surface area contributed by atoms with Crippen LogP contribution in [0.4, 0.5) is 0 Å². The summed E-state index contributed by atoms with van der Waals surface area (Å²) in [5.41, 5.74) is 2.15. The maximum absolute atomic E-state index is 9.39. The second-order valence-corrected chi connectivity index (χ2v) is 3.19. The van der Waals surface area contributed by atoms with Crippen LogP contribution in [0, 0.1) is 13.8 Å². The molecule has 72 valence electrons. The molecule has 1 atom stereocenters. The lowest BCUT2D eigenvalue weighted by molar-refractivity contribution is 0.0950. The highest BCUT2D eigenvalue weighted by Crippen LogP contribution is 2.25. The van der Waals surface area contributed by atoms with Crippen LogP contribution in [0.3, 0.4) is 0 Å². The summed E-state index contributed by atoms with van der Waals surface area (Å²) >= 11 is 0. The third-order valence-corrected chi connectivity index (χ3v) is 2.12. The van der Waals surface area contributed by atoms with Gasteiger partial charge in [0.2, 0.25) is 0 Å². The fraction of sp³-hybridized carbons (Fsp3) is 0.400. The standard InChI is InChI=1S/C10H14O3/c1-6-4-9(12)7(2)3-8(6)10(13)5-11/h3-4,10-13H,5H2,1-2H3. The molecule has 0 saturated carbocycles. The molecule has 0 spiro atoms. The third-order valence-electron chi connectivity index (χ3n) is 2.12. The number of hydrogen-bond acceptors (Lipinski definition) is 3. The van der Waals surface area contributed by atoms with Gasteiger partial charge in [-0.2, -0.15) is 0 Å². The van der Waals surface area contributed by atoms with Crippen LogP contribution in [-0.4, -0.2) is 21.9 Å². The molecule has 1 aromatic rings. The van der Waals surface area contributed by atoms with Gasteiger partial charge in [-0.1, -0.05) is 0 Å². The van der Waals surface area contributed by atoms with Crippen LogP contribution in [0.25, 0.3) is 0 Å². The van der Waals surface area contributed by atoms with E-state index in [-0.39, 0.29) is 12.4 Å². The maximum Gasteiger partial charge on any atom is 0.118 e. The molecule has 0 radical (unpaired) electrons. The van der Waals surface area contributed by atoms with Crippen molar-refractivity contribution >= 4 is 0 Å². The molecule has 0 aliphatic rings. The van der Waals surface area contributed by atoms with Crippen LogP contribution in [-0.2, 0) is 0 Å². The van der Waals surface area contributed by atoms with Gasteiger partial charge in [0.1, 0.15) is 11.9 Å². The van der Waals surface area contributed by atoms with Crippen LogP contribution >= 0.6 is 0 Å². The highest BCUT2D eigenvalue weighted by Gasteiger charge is 2.10. The molecule has 0 aliphatic carbocycles. The number of phenols is 1.